The Labute approximate surface area is 111 Å². The van der Waals surface area contributed by atoms with Gasteiger partial charge in [0.15, 0.2) is 6.10 Å². The maximum absolute atomic E-state index is 12.1. The predicted molar refractivity (Wildman–Crippen MR) is 71.3 cm³/mol. The lowest BCUT2D eigenvalue weighted by atomic mass is 10.1. The minimum Gasteiger partial charge on any atom is -0.451 e. The van der Waals surface area contributed by atoms with Gasteiger partial charge in [-0.1, -0.05) is 18.2 Å². The molecule has 0 radical (unpaired) electrons. The summed E-state index contributed by atoms with van der Waals surface area (Å²) in [7, 11) is 2.13. The molecule has 1 aromatic carbocycles. The smallest absolute Gasteiger partial charge is 0.374 e. The van der Waals surface area contributed by atoms with Crippen molar-refractivity contribution in [3.05, 3.63) is 36.1 Å². The number of hydrogen-bond donors (Lipinski definition) is 1. The lowest BCUT2D eigenvalue weighted by molar-refractivity contribution is -0.888. The Morgan fingerprint density at radius 2 is 2.26 bits per heavy atom. The molecule has 1 unspecified atom stereocenters. The molecule has 100 valence electrons. The number of ether oxygens (including phenoxy) is 1. The number of fused-ring (bicyclic) bond motifs is 1. The number of nitrogens with one attached hydrogen (secondary N) is 1. The molecule has 0 saturated carbocycles. The summed E-state index contributed by atoms with van der Waals surface area (Å²) >= 11 is 0. The molecule has 0 bridgehead atoms. The Bertz CT molecular complexity index is 557. The van der Waals surface area contributed by atoms with Gasteiger partial charge in [0, 0.05) is 11.8 Å². The summed E-state index contributed by atoms with van der Waals surface area (Å²) in [6.07, 6.45) is 2.06. The van der Waals surface area contributed by atoms with Crippen LogP contribution < -0.4 is 4.90 Å². The molecule has 1 aliphatic rings. The molecule has 19 heavy (non-hydrogen) atoms. The fourth-order valence-corrected chi connectivity index (χ4v) is 2.62. The van der Waals surface area contributed by atoms with E-state index in [4.69, 9.17) is 9.15 Å². The number of rotatable bonds is 2. The van der Waals surface area contributed by atoms with Crippen LogP contribution in [0.25, 0.3) is 11.0 Å². The highest BCUT2D eigenvalue weighted by molar-refractivity contribution is 5.92. The van der Waals surface area contributed by atoms with Crippen LogP contribution in [-0.4, -0.2) is 32.2 Å². The van der Waals surface area contributed by atoms with Crippen LogP contribution in [0.1, 0.15) is 23.4 Å². The third-order valence-corrected chi connectivity index (χ3v) is 3.61. The van der Waals surface area contributed by atoms with Crippen molar-refractivity contribution in [3.63, 3.8) is 0 Å². The molecule has 2 aromatic rings. The van der Waals surface area contributed by atoms with Crippen LogP contribution in [0.3, 0.4) is 0 Å². The lowest BCUT2D eigenvalue weighted by Gasteiger charge is -2.26. The van der Waals surface area contributed by atoms with E-state index in [0.29, 0.717) is 5.76 Å². The molecule has 0 amide bonds. The Morgan fingerprint density at radius 3 is 3.05 bits per heavy atom. The maximum atomic E-state index is 12.1. The molecule has 3 rings (SSSR count). The Balaban J connectivity index is 1.72. The summed E-state index contributed by atoms with van der Waals surface area (Å²) in [5.74, 6) is -0.0553. The van der Waals surface area contributed by atoms with Crippen LogP contribution in [0.2, 0.25) is 0 Å². The van der Waals surface area contributed by atoms with Crippen molar-refractivity contribution in [2.75, 3.05) is 20.1 Å². The summed E-state index contributed by atoms with van der Waals surface area (Å²) in [4.78, 5) is 13.5. The summed E-state index contributed by atoms with van der Waals surface area (Å²) in [5.41, 5.74) is 0.723. The highest BCUT2D eigenvalue weighted by atomic mass is 16.6. The molecular weight excluding hydrogens is 242 g/mol. The van der Waals surface area contributed by atoms with Gasteiger partial charge >= 0.3 is 5.97 Å². The summed E-state index contributed by atoms with van der Waals surface area (Å²) in [6.45, 7) is 2.03. The van der Waals surface area contributed by atoms with E-state index in [1.165, 1.54) is 4.90 Å². The third kappa shape index (κ3) is 2.63. The topological polar surface area (TPSA) is 43.9 Å². The first-order valence-electron chi connectivity index (χ1n) is 6.73. The van der Waals surface area contributed by atoms with Crippen molar-refractivity contribution in [1.29, 1.82) is 0 Å². The fraction of sp³-hybridized carbons (Fsp3) is 0.400. The number of esters is 1. The summed E-state index contributed by atoms with van der Waals surface area (Å²) < 4.78 is 11.0. The van der Waals surface area contributed by atoms with Gasteiger partial charge in [0.25, 0.3) is 0 Å². The van der Waals surface area contributed by atoms with E-state index < -0.39 is 0 Å². The average Bonchev–Trinajstić information content (AvgIpc) is 2.82. The maximum Gasteiger partial charge on any atom is 0.374 e. The van der Waals surface area contributed by atoms with Gasteiger partial charge in [0.2, 0.25) is 5.76 Å². The number of piperidine rings is 1. The molecule has 1 aliphatic heterocycles. The normalized spacial score (nSPS) is 23.4. The number of likely N-dealkylation sites (N-methyl/N-ethyl adjacent to an activating group) is 1. The second-order valence-electron chi connectivity index (χ2n) is 5.23. The standard InChI is InChI=1S/C15H17NO3/c1-16-8-4-6-12(10-16)18-15(17)14-9-11-5-2-3-7-13(11)19-14/h2-3,5,7,9,12H,4,6,8,10H2,1H3/p+1/t12-/m1/s1. The molecule has 0 aliphatic carbocycles. The third-order valence-electron chi connectivity index (χ3n) is 3.61. The number of para-hydroxylation sites is 1. The number of hydrogen-bond acceptors (Lipinski definition) is 3. The number of furan rings is 1. The predicted octanol–water partition coefficient (Wildman–Crippen LogP) is 1.27. The van der Waals surface area contributed by atoms with Crippen LogP contribution in [-0.2, 0) is 4.74 Å². The van der Waals surface area contributed by atoms with E-state index in [9.17, 15) is 4.79 Å². The van der Waals surface area contributed by atoms with E-state index in [2.05, 4.69) is 7.05 Å². The van der Waals surface area contributed by atoms with Crippen LogP contribution in [0, 0.1) is 0 Å². The number of carbonyl (C=O) groups excluding carboxylic acids is 1. The van der Waals surface area contributed by atoms with Crippen LogP contribution in [0.15, 0.2) is 34.7 Å². The Kier molecular flexibility index (Phi) is 3.25. The second-order valence-corrected chi connectivity index (χ2v) is 5.23. The summed E-state index contributed by atoms with van der Waals surface area (Å²) in [6, 6.07) is 9.34. The molecule has 2 heterocycles. The minimum absolute atomic E-state index is 0.00876. The number of carbonyl (C=O) groups is 1. The monoisotopic (exact) mass is 260 g/mol. The number of likely N-dealkylation sites (tertiary alicyclic amines) is 1. The van der Waals surface area contributed by atoms with E-state index in [0.717, 1.165) is 36.9 Å². The van der Waals surface area contributed by atoms with Crippen LogP contribution in [0.5, 0.6) is 0 Å². The highest BCUT2D eigenvalue weighted by Gasteiger charge is 2.25. The van der Waals surface area contributed by atoms with Gasteiger partial charge in [0.05, 0.1) is 13.6 Å². The average molecular weight is 260 g/mol. The Hall–Kier alpha value is -1.81. The quantitative estimate of drug-likeness (QED) is 0.827. The molecule has 0 spiro atoms. The number of benzene rings is 1. The second kappa shape index (κ2) is 5.05. The molecule has 4 nitrogen and oxygen atoms in total. The van der Waals surface area contributed by atoms with Gasteiger partial charge in [-0.05, 0) is 18.6 Å². The van der Waals surface area contributed by atoms with Crippen molar-refractivity contribution in [2.45, 2.75) is 18.9 Å². The van der Waals surface area contributed by atoms with Gasteiger partial charge in [-0.2, -0.15) is 0 Å². The minimum atomic E-state index is -0.351. The van der Waals surface area contributed by atoms with E-state index in [1.54, 1.807) is 6.07 Å². The molecule has 1 fully saturated rings. The van der Waals surface area contributed by atoms with Crippen molar-refractivity contribution in [1.82, 2.24) is 0 Å². The van der Waals surface area contributed by atoms with Gasteiger partial charge in [-0.15, -0.1) is 0 Å². The van der Waals surface area contributed by atoms with Crippen molar-refractivity contribution >= 4 is 16.9 Å². The van der Waals surface area contributed by atoms with Gasteiger partial charge in [-0.3, -0.25) is 0 Å². The van der Waals surface area contributed by atoms with Crippen molar-refractivity contribution < 1.29 is 18.8 Å². The zero-order chi connectivity index (χ0) is 13.2. The first-order valence-corrected chi connectivity index (χ1v) is 6.73. The SMILES string of the molecule is C[NH+]1CCC[C@@H](OC(=O)c2cc3ccccc3o2)C1. The lowest BCUT2D eigenvalue weighted by Crippen LogP contribution is -3.11. The molecule has 2 atom stereocenters. The van der Waals surface area contributed by atoms with E-state index in [-0.39, 0.29) is 12.1 Å². The summed E-state index contributed by atoms with van der Waals surface area (Å²) in [5, 5.41) is 0.931. The zero-order valence-corrected chi connectivity index (χ0v) is 11.0. The van der Waals surface area contributed by atoms with E-state index in [1.807, 2.05) is 24.3 Å². The fourth-order valence-electron chi connectivity index (χ4n) is 2.62. The highest BCUT2D eigenvalue weighted by Crippen LogP contribution is 2.20. The van der Waals surface area contributed by atoms with E-state index >= 15 is 0 Å². The van der Waals surface area contributed by atoms with Gasteiger partial charge in [-0.25, -0.2) is 4.79 Å². The molecule has 1 aromatic heterocycles. The van der Waals surface area contributed by atoms with Crippen molar-refractivity contribution in [3.8, 4) is 0 Å². The van der Waals surface area contributed by atoms with Crippen LogP contribution >= 0.6 is 0 Å². The molecule has 1 saturated heterocycles. The van der Waals surface area contributed by atoms with Crippen LogP contribution in [0.4, 0.5) is 0 Å². The molecular formula is C15H18NO3+. The van der Waals surface area contributed by atoms with Crippen molar-refractivity contribution in [2.24, 2.45) is 0 Å². The molecule has 1 N–H and O–H groups in total. The Morgan fingerprint density at radius 1 is 1.42 bits per heavy atom. The zero-order valence-electron chi connectivity index (χ0n) is 11.0. The molecule has 4 heteroatoms. The number of quaternary nitrogens is 1. The first-order chi connectivity index (χ1) is 9.22. The largest absolute Gasteiger partial charge is 0.451 e. The van der Waals surface area contributed by atoms with Gasteiger partial charge in [0.1, 0.15) is 12.1 Å². The van der Waals surface area contributed by atoms with Gasteiger partial charge < -0.3 is 14.1 Å². The first kappa shape index (κ1) is 12.2.